The maximum Gasteiger partial charge on any atom is 0.264 e. The summed E-state index contributed by atoms with van der Waals surface area (Å²) in [7, 11) is -0.850. The average Bonchev–Trinajstić information content (AvgIpc) is 2.94. The van der Waals surface area contributed by atoms with E-state index in [1.165, 1.54) is 11.3 Å². The van der Waals surface area contributed by atoms with Crippen LogP contribution in [-0.2, 0) is 10.8 Å². The molecule has 0 radical (unpaired) electrons. The van der Waals surface area contributed by atoms with E-state index in [4.69, 9.17) is 0 Å². The monoisotopic (exact) mass is 319 g/mol. The maximum atomic E-state index is 12.7. The quantitative estimate of drug-likeness (QED) is 0.853. The van der Waals surface area contributed by atoms with Crippen LogP contribution >= 0.6 is 11.3 Å². The summed E-state index contributed by atoms with van der Waals surface area (Å²) in [5.41, 5.74) is 1.06. The molecular weight excluding hydrogens is 302 g/mol. The van der Waals surface area contributed by atoms with Crippen molar-refractivity contribution in [2.75, 3.05) is 18.1 Å². The van der Waals surface area contributed by atoms with Gasteiger partial charge in [-0.05, 0) is 24.6 Å². The van der Waals surface area contributed by atoms with Crippen molar-refractivity contribution in [3.05, 3.63) is 57.8 Å². The van der Waals surface area contributed by atoms with E-state index in [1.54, 1.807) is 0 Å². The predicted molar refractivity (Wildman–Crippen MR) is 87.2 cm³/mol. The van der Waals surface area contributed by atoms with Crippen molar-refractivity contribution in [3.8, 4) is 0 Å². The summed E-state index contributed by atoms with van der Waals surface area (Å²) in [5.74, 6) is 1.15. The third-order valence-corrected chi connectivity index (χ3v) is 5.99. The van der Waals surface area contributed by atoms with Crippen molar-refractivity contribution in [3.63, 3.8) is 0 Å². The Bertz CT molecular complexity index is 666. The number of carbonyl (C=O) groups is 1. The van der Waals surface area contributed by atoms with Crippen molar-refractivity contribution in [2.45, 2.75) is 13.0 Å². The number of amides is 1. The van der Waals surface area contributed by atoms with Crippen LogP contribution in [-0.4, -0.2) is 33.1 Å². The van der Waals surface area contributed by atoms with E-state index in [1.807, 2.05) is 54.3 Å². The standard InChI is InChI=1S/C16H17NO2S2/c1-12-7-8-15(20-12)16(18)17-9-10-21(19)11-14(17)13-5-3-2-4-6-13/h2-8,14H,9-11H2,1H3/t14-,21+/m0/s1. The predicted octanol–water partition coefficient (Wildman–Crippen LogP) is 3.00. The Hall–Kier alpha value is -1.46. The first-order valence-electron chi connectivity index (χ1n) is 6.92. The van der Waals surface area contributed by atoms with Gasteiger partial charge in [-0.3, -0.25) is 9.00 Å². The number of hydrogen-bond acceptors (Lipinski definition) is 3. The highest BCUT2D eigenvalue weighted by Gasteiger charge is 2.32. The fourth-order valence-electron chi connectivity index (χ4n) is 2.59. The summed E-state index contributed by atoms with van der Waals surface area (Å²) in [6, 6.07) is 13.7. The van der Waals surface area contributed by atoms with Crippen molar-refractivity contribution >= 4 is 28.0 Å². The lowest BCUT2D eigenvalue weighted by molar-refractivity contribution is 0.0704. The molecule has 0 aliphatic carbocycles. The Morgan fingerprint density at radius 2 is 2.00 bits per heavy atom. The number of benzene rings is 1. The molecule has 5 heteroatoms. The first-order valence-corrected chi connectivity index (χ1v) is 9.23. The summed E-state index contributed by atoms with van der Waals surface area (Å²) in [6.07, 6.45) is 0. The normalized spacial score (nSPS) is 22.2. The third kappa shape index (κ3) is 3.09. The van der Waals surface area contributed by atoms with Crippen LogP contribution in [0.2, 0.25) is 0 Å². The molecule has 110 valence electrons. The number of carbonyl (C=O) groups excluding carboxylic acids is 1. The fourth-order valence-corrected chi connectivity index (χ4v) is 4.71. The molecule has 3 rings (SSSR count). The maximum absolute atomic E-state index is 12.7. The van der Waals surface area contributed by atoms with Gasteiger partial charge in [0.1, 0.15) is 0 Å². The minimum Gasteiger partial charge on any atom is -0.329 e. The largest absolute Gasteiger partial charge is 0.329 e. The molecule has 0 bridgehead atoms. The Morgan fingerprint density at radius 1 is 1.24 bits per heavy atom. The summed E-state index contributed by atoms with van der Waals surface area (Å²) in [6.45, 7) is 2.56. The van der Waals surface area contributed by atoms with E-state index < -0.39 is 10.8 Å². The van der Waals surface area contributed by atoms with Gasteiger partial charge in [0, 0.05) is 33.7 Å². The summed E-state index contributed by atoms with van der Waals surface area (Å²) < 4.78 is 11.9. The Labute approximate surface area is 131 Å². The molecule has 2 heterocycles. The number of aryl methyl sites for hydroxylation is 1. The zero-order valence-electron chi connectivity index (χ0n) is 11.8. The molecule has 0 spiro atoms. The SMILES string of the molecule is Cc1ccc(C(=O)N2CC[S@@](=O)C[C@H]2c2ccccc2)s1. The molecule has 0 unspecified atom stereocenters. The van der Waals surface area contributed by atoms with E-state index in [9.17, 15) is 9.00 Å². The number of rotatable bonds is 2. The van der Waals surface area contributed by atoms with Gasteiger partial charge in [0.2, 0.25) is 0 Å². The zero-order valence-corrected chi connectivity index (χ0v) is 13.5. The Morgan fingerprint density at radius 3 is 2.67 bits per heavy atom. The molecule has 2 aromatic rings. The van der Waals surface area contributed by atoms with Gasteiger partial charge in [0.05, 0.1) is 10.9 Å². The average molecular weight is 319 g/mol. The molecule has 0 saturated carbocycles. The first-order chi connectivity index (χ1) is 10.1. The Balaban J connectivity index is 1.91. The van der Waals surface area contributed by atoms with Gasteiger partial charge >= 0.3 is 0 Å². The fraction of sp³-hybridized carbons (Fsp3) is 0.312. The van der Waals surface area contributed by atoms with E-state index >= 15 is 0 Å². The third-order valence-electron chi connectivity index (χ3n) is 3.68. The molecule has 3 nitrogen and oxygen atoms in total. The van der Waals surface area contributed by atoms with Gasteiger partial charge < -0.3 is 4.90 Å². The van der Waals surface area contributed by atoms with Crippen molar-refractivity contribution < 1.29 is 9.00 Å². The molecule has 1 aromatic heterocycles. The molecule has 1 aliphatic rings. The van der Waals surface area contributed by atoms with Gasteiger partial charge in [0.15, 0.2) is 0 Å². The van der Waals surface area contributed by atoms with Crippen LogP contribution in [0.1, 0.15) is 26.2 Å². The van der Waals surface area contributed by atoms with Crippen molar-refractivity contribution in [2.24, 2.45) is 0 Å². The lowest BCUT2D eigenvalue weighted by Gasteiger charge is -2.35. The molecule has 2 atom stereocenters. The Kier molecular flexibility index (Phi) is 4.22. The van der Waals surface area contributed by atoms with Gasteiger partial charge in [-0.1, -0.05) is 30.3 Å². The molecule has 1 amide bonds. The van der Waals surface area contributed by atoms with Crippen LogP contribution in [0.5, 0.6) is 0 Å². The number of nitrogens with zero attached hydrogens (tertiary/aromatic N) is 1. The number of thiophene rings is 1. The van der Waals surface area contributed by atoms with E-state index in [2.05, 4.69) is 0 Å². The second kappa shape index (κ2) is 6.12. The minimum absolute atomic E-state index is 0.0543. The van der Waals surface area contributed by atoms with Gasteiger partial charge in [-0.25, -0.2) is 0 Å². The molecule has 21 heavy (non-hydrogen) atoms. The smallest absolute Gasteiger partial charge is 0.264 e. The minimum atomic E-state index is -0.850. The van der Waals surface area contributed by atoms with Crippen LogP contribution in [0.15, 0.2) is 42.5 Å². The molecule has 1 aromatic carbocycles. The van der Waals surface area contributed by atoms with Crippen LogP contribution in [0.3, 0.4) is 0 Å². The highest BCUT2D eigenvalue weighted by Crippen LogP contribution is 2.28. The van der Waals surface area contributed by atoms with Crippen LogP contribution in [0.25, 0.3) is 0 Å². The highest BCUT2D eigenvalue weighted by atomic mass is 32.2. The molecular formula is C16H17NO2S2. The van der Waals surface area contributed by atoms with Crippen LogP contribution in [0.4, 0.5) is 0 Å². The van der Waals surface area contributed by atoms with E-state index in [0.29, 0.717) is 18.1 Å². The van der Waals surface area contributed by atoms with Crippen molar-refractivity contribution in [1.29, 1.82) is 0 Å². The number of hydrogen-bond donors (Lipinski definition) is 0. The summed E-state index contributed by atoms with van der Waals surface area (Å²) >= 11 is 1.52. The van der Waals surface area contributed by atoms with Gasteiger partial charge in [0.25, 0.3) is 5.91 Å². The summed E-state index contributed by atoms with van der Waals surface area (Å²) in [4.78, 5) is 16.5. The second-order valence-corrected chi connectivity index (χ2v) is 8.06. The van der Waals surface area contributed by atoms with E-state index in [-0.39, 0.29) is 11.9 Å². The topological polar surface area (TPSA) is 37.4 Å². The molecule has 1 fully saturated rings. The molecule has 1 aliphatic heterocycles. The van der Waals surface area contributed by atoms with Crippen LogP contribution < -0.4 is 0 Å². The molecule has 0 N–H and O–H groups in total. The lowest BCUT2D eigenvalue weighted by Crippen LogP contribution is -2.44. The van der Waals surface area contributed by atoms with Crippen molar-refractivity contribution in [1.82, 2.24) is 4.90 Å². The molecule has 1 saturated heterocycles. The lowest BCUT2D eigenvalue weighted by atomic mass is 10.1. The first kappa shape index (κ1) is 14.5. The van der Waals surface area contributed by atoms with Crippen LogP contribution in [0, 0.1) is 6.92 Å². The zero-order chi connectivity index (χ0) is 14.8. The van der Waals surface area contributed by atoms with E-state index in [0.717, 1.165) is 15.3 Å². The highest BCUT2D eigenvalue weighted by molar-refractivity contribution is 7.85. The van der Waals surface area contributed by atoms with Gasteiger partial charge in [-0.2, -0.15) is 0 Å². The summed E-state index contributed by atoms with van der Waals surface area (Å²) in [5, 5.41) is 0. The second-order valence-electron chi connectivity index (χ2n) is 5.15. The van der Waals surface area contributed by atoms with Gasteiger partial charge in [-0.15, -0.1) is 11.3 Å².